The van der Waals surface area contributed by atoms with E-state index in [0.29, 0.717) is 31.1 Å². The quantitative estimate of drug-likeness (QED) is 0.500. The summed E-state index contributed by atoms with van der Waals surface area (Å²) in [4.78, 5) is 11.1. The number of hydrogen-bond donors (Lipinski definition) is 0. The average molecular weight is 385 g/mol. The SMILES string of the molecule is N#CCCN(CCC#N)c1ccc(/C=N/c2nc(-c3ccccc3)cs2)cc1. The highest BCUT2D eigenvalue weighted by molar-refractivity contribution is 7.13. The number of aliphatic imine (C=N–C) groups is 1. The van der Waals surface area contributed by atoms with Crippen molar-refractivity contribution in [1.82, 2.24) is 4.98 Å². The minimum Gasteiger partial charge on any atom is -0.369 e. The summed E-state index contributed by atoms with van der Waals surface area (Å²) in [6.45, 7) is 1.24. The first-order chi connectivity index (χ1) is 13.8. The molecule has 0 fully saturated rings. The van der Waals surface area contributed by atoms with E-state index in [0.717, 1.165) is 22.5 Å². The molecular formula is C22H19N5S. The molecule has 0 aliphatic heterocycles. The first-order valence-corrected chi connectivity index (χ1v) is 9.82. The second kappa shape index (κ2) is 10.0. The fraction of sp³-hybridized carbons (Fsp3) is 0.182. The van der Waals surface area contributed by atoms with Crippen molar-refractivity contribution in [2.24, 2.45) is 4.99 Å². The number of thiazole rings is 1. The van der Waals surface area contributed by atoms with Crippen LogP contribution in [-0.2, 0) is 0 Å². The molecule has 0 spiro atoms. The highest BCUT2D eigenvalue weighted by atomic mass is 32.1. The van der Waals surface area contributed by atoms with Gasteiger partial charge < -0.3 is 4.90 Å². The number of nitrogens with zero attached hydrogens (tertiary/aromatic N) is 5. The molecule has 0 unspecified atom stereocenters. The zero-order valence-corrected chi connectivity index (χ0v) is 16.1. The topological polar surface area (TPSA) is 76.1 Å². The summed E-state index contributed by atoms with van der Waals surface area (Å²) in [5.41, 5.74) is 3.99. The van der Waals surface area contributed by atoms with Crippen LogP contribution in [0.15, 0.2) is 65.0 Å². The second-order valence-electron chi connectivity index (χ2n) is 6.03. The van der Waals surface area contributed by atoms with Gasteiger partial charge in [-0.3, -0.25) is 0 Å². The number of nitriles is 2. The van der Waals surface area contributed by atoms with Gasteiger partial charge in [0.1, 0.15) is 0 Å². The van der Waals surface area contributed by atoms with E-state index in [1.165, 1.54) is 11.3 Å². The van der Waals surface area contributed by atoms with Crippen LogP contribution in [-0.4, -0.2) is 24.3 Å². The molecule has 28 heavy (non-hydrogen) atoms. The number of hydrogen-bond acceptors (Lipinski definition) is 6. The van der Waals surface area contributed by atoms with E-state index in [1.54, 1.807) is 6.21 Å². The maximum Gasteiger partial charge on any atom is 0.209 e. The fourth-order valence-electron chi connectivity index (χ4n) is 2.71. The molecule has 0 N–H and O–H groups in total. The molecule has 1 heterocycles. The molecule has 2 aromatic carbocycles. The van der Waals surface area contributed by atoms with Crippen molar-refractivity contribution in [2.45, 2.75) is 12.8 Å². The normalized spacial score (nSPS) is 10.5. The predicted octanol–water partition coefficient (Wildman–Crippen LogP) is 5.19. The van der Waals surface area contributed by atoms with Gasteiger partial charge in [0.15, 0.2) is 0 Å². The molecule has 0 atom stereocenters. The maximum atomic E-state index is 8.82. The summed E-state index contributed by atoms with van der Waals surface area (Å²) < 4.78 is 0. The highest BCUT2D eigenvalue weighted by Crippen LogP contribution is 2.26. The molecule has 0 amide bonds. The average Bonchev–Trinajstić information content (AvgIpc) is 3.23. The Morgan fingerprint density at radius 1 is 0.964 bits per heavy atom. The zero-order chi connectivity index (χ0) is 19.6. The Balaban J connectivity index is 1.67. The molecule has 0 aliphatic rings. The van der Waals surface area contributed by atoms with E-state index >= 15 is 0 Å². The van der Waals surface area contributed by atoms with Gasteiger partial charge in [-0.1, -0.05) is 42.5 Å². The molecule has 6 heteroatoms. The van der Waals surface area contributed by atoms with Crippen molar-refractivity contribution in [2.75, 3.05) is 18.0 Å². The lowest BCUT2D eigenvalue weighted by molar-refractivity contribution is 0.796. The van der Waals surface area contributed by atoms with E-state index in [2.05, 4.69) is 27.0 Å². The second-order valence-corrected chi connectivity index (χ2v) is 6.87. The van der Waals surface area contributed by atoms with Crippen LogP contribution >= 0.6 is 11.3 Å². The van der Waals surface area contributed by atoms with Crippen molar-refractivity contribution in [3.8, 4) is 23.4 Å². The van der Waals surface area contributed by atoms with Crippen LogP contribution in [0.5, 0.6) is 0 Å². The standard InChI is InChI=1S/C22H19N5S/c23-12-4-14-27(15-5-13-24)20-10-8-18(9-11-20)16-25-22-26-21(17-28-22)19-6-2-1-3-7-19/h1-3,6-11,16-17H,4-5,14-15H2/b25-16+. The first kappa shape index (κ1) is 19.3. The minimum atomic E-state index is 0.433. The minimum absolute atomic E-state index is 0.433. The number of rotatable bonds is 8. The molecule has 1 aromatic heterocycles. The molecule has 0 saturated heterocycles. The summed E-state index contributed by atoms with van der Waals surface area (Å²) >= 11 is 1.51. The van der Waals surface area contributed by atoms with E-state index in [-0.39, 0.29) is 0 Å². The Hall–Kier alpha value is -3.48. The predicted molar refractivity (Wildman–Crippen MR) is 114 cm³/mol. The summed E-state index contributed by atoms with van der Waals surface area (Å²) in [5, 5.41) is 20.4. The molecule has 5 nitrogen and oxygen atoms in total. The third kappa shape index (κ3) is 5.26. The van der Waals surface area contributed by atoms with Crippen molar-refractivity contribution < 1.29 is 0 Å². The summed E-state index contributed by atoms with van der Waals surface area (Å²) in [5.74, 6) is 0. The van der Waals surface area contributed by atoms with Gasteiger partial charge in [0.2, 0.25) is 5.13 Å². The van der Waals surface area contributed by atoms with Gasteiger partial charge in [0.25, 0.3) is 0 Å². The largest absolute Gasteiger partial charge is 0.369 e. The number of benzene rings is 2. The van der Waals surface area contributed by atoms with Gasteiger partial charge in [-0.05, 0) is 17.7 Å². The number of aromatic nitrogens is 1. The zero-order valence-electron chi connectivity index (χ0n) is 15.3. The van der Waals surface area contributed by atoms with Gasteiger partial charge in [-0.2, -0.15) is 10.5 Å². The van der Waals surface area contributed by atoms with Crippen LogP contribution in [0.3, 0.4) is 0 Å². The summed E-state index contributed by atoms with van der Waals surface area (Å²) in [7, 11) is 0. The molecule has 0 aliphatic carbocycles. The van der Waals surface area contributed by atoms with Gasteiger partial charge in [-0.15, -0.1) is 11.3 Å². The Morgan fingerprint density at radius 2 is 1.64 bits per heavy atom. The fourth-order valence-corrected chi connectivity index (χ4v) is 3.38. The lowest BCUT2D eigenvalue weighted by Crippen LogP contribution is -2.25. The van der Waals surface area contributed by atoms with E-state index in [1.807, 2.05) is 60.0 Å². The lowest BCUT2D eigenvalue weighted by atomic mass is 10.2. The van der Waals surface area contributed by atoms with Gasteiger partial charge in [-0.25, -0.2) is 9.98 Å². The van der Waals surface area contributed by atoms with Crippen LogP contribution in [0, 0.1) is 22.7 Å². The summed E-state index contributed by atoms with van der Waals surface area (Å²) in [6, 6.07) is 22.3. The van der Waals surface area contributed by atoms with Crippen LogP contribution in [0.25, 0.3) is 11.3 Å². The molecule has 0 bridgehead atoms. The molecule has 3 rings (SSSR count). The maximum absolute atomic E-state index is 8.82. The lowest BCUT2D eigenvalue weighted by Gasteiger charge is -2.22. The third-order valence-corrected chi connectivity index (χ3v) is 4.88. The van der Waals surface area contributed by atoms with Crippen molar-refractivity contribution in [3.63, 3.8) is 0 Å². The Bertz CT molecular complexity index is 976. The Morgan fingerprint density at radius 3 is 2.29 bits per heavy atom. The van der Waals surface area contributed by atoms with Crippen molar-refractivity contribution in [3.05, 3.63) is 65.5 Å². The molecular weight excluding hydrogens is 366 g/mol. The molecule has 3 aromatic rings. The van der Waals surface area contributed by atoms with Gasteiger partial charge >= 0.3 is 0 Å². The highest BCUT2D eigenvalue weighted by Gasteiger charge is 2.06. The summed E-state index contributed by atoms with van der Waals surface area (Å²) in [6.07, 6.45) is 2.66. The monoisotopic (exact) mass is 385 g/mol. The smallest absolute Gasteiger partial charge is 0.209 e. The van der Waals surface area contributed by atoms with Crippen LogP contribution < -0.4 is 4.90 Å². The van der Waals surface area contributed by atoms with E-state index in [9.17, 15) is 0 Å². The molecule has 0 saturated carbocycles. The molecule has 0 radical (unpaired) electrons. The first-order valence-electron chi connectivity index (χ1n) is 8.94. The van der Waals surface area contributed by atoms with Crippen LogP contribution in [0.4, 0.5) is 10.8 Å². The Labute approximate surface area is 168 Å². The van der Waals surface area contributed by atoms with Crippen molar-refractivity contribution >= 4 is 28.4 Å². The Kier molecular flexibility index (Phi) is 6.89. The van der Waals surface area contributed by atoms with Gasteiger partial charge in [0, 0.05) is 35.9 Å². The third-order valence-electron chi connectivity index (χ3n) is 4.13. The van der Waals surface area contributed by atoms with Crippen molar-refractivity contribution in [1.29, 1.82) is 10.5 Å². The van der Waals surface area contributed by atoms with E-state index in [4.69, 9.17) is 10.5 Å². The van der Waals surface area contributed by atoms with E-state index < -0.39 is 0 Å². The van der Waals surface area contributed by atoms with Gasteiger partial charge in [0.05, 0.1) is 30.7 Å². The van der Waals surface area contributed by atoms with Crippen LogP contribution in [0.1, 0.15) is 18.4 Å². The molecule has 138 valence electrons. The van der Waals surface area contributed by atoms with Crippen LogP contribution in [0.2, 0.25) is 0 Å². The number of anilines is 1.